The molecule has 13 nitrogen and oxygen atoms in total. The van der Waals surface area contributed by atoms with Crippen LogP contribution in [0.1, 0.15) is 12.5 Å². The highest BCUT2D eigenvalue weighted by atomic mass is 16.4. The van der Waals surface area contributed by atoms with Gasteiger partial charge in [-0.05, 0) is 18.6 Å². The number of benzene rings is 1. The zero-order valence-corrected chi connectivity index (χ0v) is 18.4. The number of aliphatic hydroxyl groups is 3. The van der Waals surface area contributed by atoms with Crippen LogP contribution in [0, 0.1) is 0 Å². The Labute approximate surface area is 194 Å². The molecule has 2 rings (SSSR count). The standard InChI is InChI=1S/C21H29N5O8/c1-10(29)17(22)20(32)26-16(9-28)19(31)25-15(8-27)18(30)24-14(21(33)34)6-11-7-23-13-5-3-2-4-12(11)13/h2-5,7,10,14-17,23,27-29H,6,8-9,22H2,1H3,(H,24,30)(H,25,31)(H,26,32)(H,33,34). The zero-order chi connectivity index (χ0) is 25.4. The van der Waals surface area contributed by atoms with Crippen molar-refractivity contribution in [3.63, 3.8) is 0 Å². The van der Waals surface area contributed by atoms with Gasteiger partial charge in [0.25, 0.3) is 0 Å². The maximum Gasteiger partial charge on any atom is 0.326 e. The Hall–Kier alpha value is -3.52. The number of hydrogen-bond acceptors (Lipinski definition) is 8. The second-order valence-electron chi connectivity index (χ2n) is 7.72. The lowest BCUT2D eigenvalue weighted by molar-refractivity contribution is -0.142. The molecule has 34 heavy (non-hydrogen) atoms. The molecular weight excluding hydrogens is 450 g/mol. The molecule has 3 amide bonds. The summed E-state index contributed by atoms with van der Waals surface area (Å²) in [5, 5.41) is 45.2. The monoisotopic (exact) mass is 479 g/mol. The molecule has 0 aliphatic heterocycles. The van der Waals surface area contributed by atoms with E-state index in [0.717, 1.165) is 10.9 Å². The van der Waals surface area contributed by atoms with Gasteiger partial charge in [-0.3, -0.25) is 14.4 Å². The van der Waals surface area contributed by atoms with Crippen molar-refractivity contribution in [3.05, 3.63) is 36.0 Å². The number of hydrogen-bond donors (Lipinski definition) is 9. The summed E-state index contributed by atoms with van der Waals surface area (Å²) in [5.41, 5.74) is 6.91. The van der Waals surface area contributed by atoms with E-state index in [1.54, 1.807) is 18.3 Å². The fraction of sp³-hybridized carbons (Fsp3) is 0.429. The minimum Gasteiger partial charge on any atom is -0.480 e. The predicted octanol–water partition coefficient (Wildman–Crippen LogP) is -3.06. The minimum absolute atomic E-state index is 0.0657. The second kappa shape index (κ2) is 12.1. The number of amides is 3. The van der Waals surface area contributed by atoms with Gasteiger partial charge in [0, 0.05) is 23.5 Å². The van der Waals surface area contributed by atoms with Crippen molar-refractivity contribution in [2.24, 2.45) is 5.73 Å². The van der Waals surface area contributed by atoms with Gasteiger partial charge >= 0.3 is 5.97 Å². The van der Waals surface area contributed by atoms with Crippen LogP contribution < -0.4 is 21.7 Å². The molecule has 10 N–H and O–H groups in total. The van der Waals surface area contributed by atoms with Crippen LogP contribution in [-0.2, 0) is 25.6 Å². The molecule has 1 aromatic carbocycles. The number of aromatic amines is 1. The summed E-state index contributed by atoms with van der Waals surface area (Å²) in [4.78, 5) is 51.7. The number of carboxylic acid groups (broad SMARTS) is 1. The largest absolute Gasteiger partial charge is 0.480 e. The van der Waals surface area contributed by atoms with Crippen molar-refractivity contribution in [1.29, 1.82) is 0 Å². The molecule has 5 unspecified atom stereocenters. The number of aromatic nitrogens is 1. The molecule has 0 radical (unpaired) electrons. The van der Waals surface area contributed by atoms with Crippen LogP contribution in [0.15, 0.2) is 30.5 Å². The molecule has 5 atom stereocenters. The minimum atomic E-state index is -1.56. The van der Waals surface area contributed by atoms with Gasteiger partial charge in [-0.25, -0.2) is 4.79 Å². The Morgan fingerprint density at radius 3 is 2.00 bits per heavy atom. The molecule has 0 spiro atoms. The summed E-state index contributed by atoms with van der Waals surface area (Å²) in [6, 6.07) is 1.40. The van der Waals surface area contributed by atoms with Gasteiger partial charge in [0.15, 0.2) is 0 Å². The summed E-state index contributed by atoms with van der Waals surface area (Å²) in [7, 11) is 0. The quantitative estimate of drug-likeness (QED) is 0.150. The van der Waals surface area contributed by atoms with Crippen LogP contribution in [0.2, 0.25) is 0 Å². The molecule has 0 aliphatic carbocycles. The fourth-order valence-corrected chi connectivity index (χ4v) is 3.14. The third-order valence-corrected chi connectivity index (χ3v) is 5.17. The van der Waals surface area contributed by atoms with Gasteiger partial charge in [0.1, 0.15) is 24.2 Å². The molecule has 13 heteroatoms. The maximum absolute atomic E-state index is 12.6. The normalized spacial score (nSPS) is 15.6. The number of carbonyl (C=O) groups is 4. The van der Waals surface area contributed by atoms with E-state index in [2.05, 4.69) is 20.9 Å². The number of fused-ring (bicyclic) bond motifs is 1. The van der Waals surface area contributed by atoms with E-state index in [0.29, 0.717) is 5.56 Å². The summed E-state index contributed by atoms with van der Waals surface area (Å²) in [6.45, 7) is -0.474. The molecule has 1 heterocycles. The molecule has 0 saturated heterocycles. The van der Waals surface area contributed by atoms with E-state index < -0.39 is 67.2 Å². The molecule has 2 aromatic rings. The Morgan fingerprint density at radius 2 is 1.47 bits per heavy atom. The Bertz CT molecular complexity index is 1020. The second-order valence-corrected chi connectivity index (χ2v) is 7.72. The van der Waals surface area contributed by atoms with Gasteiger partial charge < -0.3 is 47.1 Å². The first-order valence-electron chi connectivity index (χ1n) is 10.4. The average Bonchev–Trinajstić information content (AvgIpc) is 3.22. The highest BCUT2D eigenvalue weighted by Crippen LogP contribution is 2.19. The van der Waals surface area contributed by atoms with Crippen molar-refractivity contribution in [2.75, 3.05) is 13.2 Å². The fourth-order valence-electron chi connectivity index (χ4n) is 3.14. The number of aliphatic carboxylic acids is 1. The van der Waals surface area contributed by atoms with Crippen LogP contribution >= 0.6 is 0 Å². The third kappa shape index (κ3) is 6.74. The first-order chi connectivity index (χ1) is 16.1. The van der Waals surface area contributed by atoms with Crippen LogP contribution in [0.4, 0.5) is 0 Å². The molecular formula is C21H29N5O8. The summed E-state index contributed by atoms with van der Waals surface area (Å²) in [6.07, 6.45) is 0.345. The summed E-state index contributed by atoms with van der Waals surface area (Å²) in [5.74, 6) is -4.24. The summed E-state index contributed by atoms with van der Waals surface area (Å²) >= 11 is 0. The summed E-state index contributed by atoms with van der Waals surface area (Å²) < 4.78 is 0. The molecule has 0 saturated carbocycles. The van der Waals surface area contributed by atoms with Crippen molar-refractivity contribution < 1.29 is 39.6 Å². The van der Waals surface area contributed by atoms with Gasteiger partial charge in [0.2, 0.25) is 17.7 Å². The average molecular weight is 479 g/mol. The Morgan fingerprint density at radius 1 is 0.941 bits per heavy atom. The van der Waals surface area contributed by atoms with E-state index >= 15 is 0 Å². The van der Waals surface area contributed by atoms with Gasteiger partial charge in [-0.1, -0.05) is 18.2 Å². The number of carboxylic acids is 1. The topological polar surface area (TPSA) is 227 Å². The third-order valence-electron chi connectivity index (χ3n) is 5.17. The lowest BCUT2D eigenvalue weighted by Gasteiger charge is -2.23. The SMILES string of the molecule is CC(O)C(N)C(=O)NC(CO)C(=O)NC(CO)C(=O)NC(Cc1c[nH]c2ccccc12)C(=O)O. The first kappa shape index (κ1) is 26.7. The van der Waals surface area contributed by atoms with E-state index in [1.165, 1.54) is 6.92 Å². The Balaban J connectivity index is 2.05. The van der Waals surface area contributed by atoms with Gasteiger partial charge in [-0.2, -0.15) is 0 Å². The highest BCUT2D eigenvalue weighted by molar-refractivity contribution is 5.94. The van der Waals surface area contributed by atoms with Crippen LogP contribution in [0.5, 0.6) is 0 Å². The number of para-hydroxylation sites is 1. The maximum atomic E-state index is 12.6. The van der Waals surface area contributed by atoms with Crippen LogP contribution in [-0.4, -0.2) is 92.6 Å². The number of nitrogens with one attached hydrogen (secondary N) is 4. The number of nitrogens with two attached hydrogens (primary N) is 1. The number of rotatable bonds is 12. The van der Waals surface area contributed by atoms with Crippen LogP contribution in [0.25, 0.3) is 10.9 Å². The first-order valence-corrected chi connectivity index (χ1v) is 10.4. The van der Waals surface area contributed by atoms with Crippen molar-refractivity contribution in [3.8, 4) is 0 Å². The molecule has 1 aromatic heterocycles. The number of H-pyrrole nitrogens is 1. The molecule has 0 aliphatic rings. The van der Waals surface area contributed by atoms with Crippen LogP contribution in [0.3, 0.4) is 0 Å². The van der Waals surface area contributed by atoms with Crippen molar-refractivity contribution in [1.82, 2.24) is 20.9 Å². The number of carbonyl (C=O) groups excluding carboxylic acids is 3. The van der Waals surface area contributed by atoms with E-state index in [1.807, 2.05) is 12.1 Å². The smallest absolute Gasteiger partial charge is 0.326 e. The van der Waals surface area contributed by atoms with E-state index in [-0.39, 0.29) is 6.42 Å². The molecule has 0 fully saturated rings. The van der Waals surface area contributed by atoms with Crippen molar-refractivity contribution in [2.45, 2.75) is 43.6 Å². The Kier molecular flexibility index (Phi) is 9.50. The number of aliphatic hydroxyl groups excluding tert-OH is 3. The van der Waals surface area contributed by atoms with Gasteiger partial charge in [0.05, 0.1) is 19.3 Å². The van der Waals surface area contributed by atoms with E-state index in [9.17, 15) is 39.6 Å². The van der Waals surface area contributed by atoms with Crippen molar-refractivity contribution >= 4 is 34.6 Å². The van der Waals surface area contributed by atoms with E-state index in [4.69, 9.17) is 5.73 Å². The molecule has 186 valence electrons. The lowest BCUT2D eigenvalue weighted by atomic mass is 10.0. The van der Waals surface area contributed by atoms with Gasteiger partial charge in [-0.15, -0.1) is 0 Å². The predicted molar refractivity (Wildman–Crippen MR) is 119 cm³/mol. The lowest BCUT2D eigenvalue weighted by Crippen LogP contribution is -2.59. The molecule has 0 bridgehead atoms. The zero-order valence-electron chi connectivity index (χ0n) is 18.4. The highest BCUT2D eigenvalue weighted by Gasteiger charge is 2.30.